The fraction of sp³-hybridized carbons (Fsp3) is 0.350. The molecule has 1 heterocycles. The summed E-state index contributed by atoms with van der Waals surface area (Å²) in [5.74, 6) is -0.264. The van der Waals surface area contributed by atoms with Crippen LogP contribution in [0.4, 0.5) is 11.4 Å². The van der Waals surface area contributed by atoms with Crippen molar-refractivity contribution in [2.24, 2.45) is 0 Å². The van der Waals surface area contributed by atoms with Crippen LogP contribution in [0.5, 0.6) is 0 Å². The van der Waals surface area contributed by atoms with Gasteiger partial charge in [-0.15, -0.1) is 0 Å². The number of sulfonamides is 1. The van der Waals surface area contributed by atoms with E-state index in [1.165, 1.54) is 4.31 Å². The number of amides is 1. The summed E-state index contributed by atoms with van der Waals surface area (Å²) >= 11 is 5.84. The normalized spacial score (nSPS) is 15.2. The number of carbonyl (C=O) groups is 1. The van der Waals surface area contributed by atoms with Crippen LogP contribution in [0.15, 0.2) is 47.4 Å². The molecule has 0 aromatic heterocycles. The van der Waals surface area contributed by atoms with Gasteiger partial charge in [0.1, 0.15) is 0 Å². The number of rotatable bonds is 6. The molecule has 0 aliphatic carbocycles. The maximum atomic E-state index is 13.0. The third-order valence-electron chi connectivity index (χ3n) is 4.70. The number of nitrogens with one attached hydrogen (secondary N) is 2. The van der Waals surface area contributed by atoms with Crippen LogP contribution in [0.1, 0.15) is 24.8 Å². The molecule has 1 aliphatic rings. The lowest BCUT2D eigenvalue weighted by molar-refractivity contribution is -0.114. The van der Waals surface area contributed by atoms with Gasteiger partial charge in [-0.05, 0) is 61.7 Å². The lowest BCUT2D eigenvalue weighted by Crippen LogP contribution is -2.36. The summed E-state index contributed by atoms with van der Waals surface area (Å²) in [6, 6.07) is 12.0. The van der Waals surface area contributed by atoms with Gasteiger partial charge >= 0.3 is 0 Å². The molecule has 2 aromatic rings. The highest BCUT2D eigenvalue weighted by Crippen LogP contribution is 2.26. The second kappa shape index (κ2) is 8.94. The summed E-state index contributed by atoms with van der Waals surface area (Å²) in [6.45, 7) is 2.92. The zero-order valence-electron chi connectivity index (χ0n) is 15.7. The van der Waals surface area contributed by atoms with E-state index >= 15 is 0 Å². The molecule has 0 spiro atoms. The van der Waals surface area contributed by atoms with Crippen LogP contribution in [-0.2, 0) is 14.8 Å². The molecule has 1 aliphatic heterocycles. The first-order valence-corrected chi connectivity index (χ1v) is 11.1. The van der Waals surface area contributed by atoms with E-state index in [0.29, 0.717) is 29.4 Å². The maximum absolute atomic E-state index is 13.0. The molecule has 1 amide bonds. The molecule has 1 saturated heterocycles. The molecule has 0 atom stereocenters. The Morgan fingerprint density at radius 2 is 1.68 bits per heavy atom. The van der Waals surface area contributed by atoms with E-state index in [1.54, 1.807) is 49.4 Å². The van der Waals surface area contributed by atoms with Crippen molar-refractivity contribution in [1.29, 1.82) is 0 Å². The number of hydrogen-bond acceptors (Lipinski definition) is 4. The topological polar surface area (TPSA) is 78.5 Å². The smallest absolute Gasteiger partial charge is 0.243 e. The molecule has 0 saturated carbocycles. The van der Waals surface area contributed by atoms with Crippen LogP contribution < -0.4 is 10.6 Å². The Labute approximate surface area is 170 Å². The molecule has 2 aromatic carbocycles. The Bertz CT molecular complexity index is 940. The highest BCUT2D eigenvalue weighted by atomic mass is 35.5. The molecular weight excluding hydrogens is 398 g/mol. The maximum Gasteiger partial charge on any atom is 0.243 e. The number of carbonyl (C=O) groups excluding carboxylic acids is 1. The van der Waals surface area contributed by atoms with Gasteiger partial charge in [0.2, 0.25) is 15.9 Å². The van der Waals surface area contributed by atoms with E-state index < -0.39 is 10.0 Å². The number of halogens is 1. The lowest BCUT2D eigenvalue weighted by atomic mass is 10.2. The number of aryl methyl sites for hydroxylation is 1. The van der Waals surface area contributed by atoms with E-state index in [9.17, 15) is 13.2 Å². The summed E-state index contributed by atoms with van der Waals surface area (Å²) in [7, 11) is -3.56. The van der Waals surface area contributed by atoms with Crippen molar-refractivity contribution in [3.63, 3.8) is 0 Å². The minimum absolute atomic E-state index is 0.0592. The Morgan fingerprint density at radius 1 is 1.04 bits per heavy atom. The summed E-state index contributed by atoms with van der Waals surface area (Å²) in [4.78, 5) is 12.5. The van der Waals surface area contributed by atoms with Crippen molar-refractivity contribution in [2.75, 3.05) is 30.3 Å². The van der Waals surface area contributed by atoms with E-state index in [1.807, 2.05) is 0 Å². The first-order valence-electron chi connectivity index (χ1n) is 9.26. The SMILES string of the molecule is Cc1ccc(NC(=O)CNc2ccc(Cl)cc2)cc1S(=O)(=O)N1CCCCC1. The van der Waals surface area contributed by atoms with Gasteiger partial charge in [0, 0.05) is 29.5 Å². The van der Waals surface area contributed by atoms with Gasteiger partial charge in [-0.1, -0.05) is 24.1 Å². The zero-order chi connectivity index (χ0) is 20.1. The molecule has 8 heteroatoms. The van der Waals surface area contributed by atoms with E-state index in [4.69, 9.17) is 11.6 Å². The number of nitrogens with zero attached hydrogens (tertiary/aromatic N) is 1. The van der Waals surface area contributed by atoms with Gasteiger partial charge in [-0.2, -0.15) is 4.31 Å². The number of hydrogen-bond donors (Lipinski definition) is 2. The minimum atomic E-state index is -3.56. The fourth-order valence-corrected chi connectivity index (χ4v) is 5.05. The van der Waals surface area contributed by atoms with Gasteiger partial charge in [-0.3, -0.25) is 4.79 Å². The van der Waals surface area contributed by atoms with Crippen LogP contribution in [-0.4, -0.2) is 38.3 Å². The molecular formula is C20H24ClN3O3S. The third-order valence-corrected chi connectivity index (χ3v) is 6.99. The molecule has 2 N–H and O–H groups in total. The van der Waals surface area contributed by atoms with E-state index in [2.05, 4.69) is 10.6 Å². The monoisotopic (exact) mass is 421 g/mol. The van der Waals surface area contributed by atoms with Crippen molar-refractivity contribution >= 4 is 38.9 Å². The van der Waals surface area contributed by atoms with Crippen LogP contribution in [0.3, 0.4) is 0 Å². The Kier molecular flexibility index (Phi) is 6.59. The van der Waals surface area contributed by atoms with Gasteiger partial charge in [0.25, 0.3) is 0 Å². The van der Waals surface area contributed by atoms with Gasteiger partial charge in [0.15, 0.2) is 0 Å². The summed E-state index contributed by atoms with van der Waals surface area (Å²) in [5, 5.41) is 6.38. The highest BCUT2D eigenvalue weighted by molar-refractivity contribution is 7.89. The fourth-order valence-electron chi connectivity index (χ4n) is 3.16. The second-order valence-electron chi connectivity index (χ2n) is 6.85. The molecule has 0 bridgehead atoms. The standard InChI is InChI=1S/C20H24ClN3O3S/c1-15-5-8-18(13-19(15)28(26,27)24-11-3-2-4-12-24)23-20(25)14-22-17-9-6-16(21)7-10-17/h5-10,13,22H,2-4,11-12,14H2,1H3,(H,23,25). The predicted molar refractivity (Wildman–Crippen MR) is 112 cm³/mol. The zero-order valence-corrected chi connectivity index (χ0v) is 17.3. The van der Waals surface area contributed by atoms with E-state index in [-0.39, 0.29) is 17.3 Å². The Hall–Kier alpha value is -2.09. The van der Waals surface area contributed by atoms with Crippen molar-refractivity contribution < 1.29 is 13.2 Å². The second-order valence-corrected chi connectivity index (χ2v) is 9.20. The van der Waals surface area contributed by atoms with Crippen molar-refractivity contribution in [3.05, 3.63) is 53.1 Å². The number of piperidine rings is 1. The molecule has 1 fully saturated rings. The molecule has 0 radical (unpaired) electrons. The van der Waals surface area contributed by atoms with Crippen molar-refractivity contribution in [3.8, 4) is 0 Å². The summed E-state index contributed by atoms with van der Waals surface area (Å²) in [6.07, 6.45) is 2.82. The highest BCUT2D eigenvalue weighted by Gasteiger charge is 2.27. The molecule has 3 rings (SSSR count). The summed E-state index contributed by atoms with van der Waals surface area (Å²) < 4.78 is 27.5. The number of benzene rings is 2. The lowest BCUT2D eigenvalue weighted by Gasteiger charge is -2.26. The van der Waals surface area contributed by atoms with Crippen LogP contribution >= 0.6 is 11.6 Å². The van der Waals surface area contributed by atoms with Gasteiger partial charge < -0.3 is 10.6 Å². The van der Waals surface area contributed by atoms with E-state index in [0.717, 1.165) is 24.9 Å². The molecule has 6 nitrogen and oxygen atoms in total. The first kappa shape index (κ1) is 20.6. The average molecular weight is 422 g/mol. The van der Waals surface area contributed by atoms with Crippen LogP contribution in [0, 0.1) is 6.92 Å². The largest absolute Gasteiger partial charge is 0.376 e. The average Bonchev–Trinajstić information content (AvgIpc) is 2.69. The third kappa shape index (κ3) is 5.04. The minimum Gasteiger partial charge on any atom is -0.376 e. The van der Waals surface area contributed by atoms with Crippen LogP contribution in [0.25, 0.3) is 0 Å². The summed E-state index contributed by atoms with van der Waals surface area (Å²) in [5.41, 5.74) is 1.91. The number of anilines is 2. The first-order chi connectivity index (χ1) is 13.4. The molecule has 150 valence electrons. The van der Waals surface area contributed by atoms with Crippen molar-refractivity contribution in [1.82, 2.24) is 4.31 Å². The van der Waals surface area contributed by atoms with Gasteiger partial charge in [0.05, 0.1) is 11.4 Å². The molecule has 0 unspecified atom stereocenters. The quantitative estimate of drug-likeness (QED) is 0.742. The predicted octanol–water partition coefficient (Wildman–Crippen LogP) is 3.87. The Balaban J connectivity index is 1.68. The van der Waals surface area contributed by atoms with Gasteiger partial charge in [-0.25, -0.2) is 8.42 Å². The van der Waals surface area contributed by atoms with Crippen LogP contribution in [0.2, 0.25) is 5.02 Å². The van der Waals surface area contributed by atoms with Crippen molar-refractivity contribution in [2.45, 2.75) is 31.1 Å². The molecule has 28 heavy (non-hydrogen) atoms. The Morgan fingerprint density at radius 3 is 2.36 bits per heavy atom.